The quantitative estimate of drug-likeness (QED) is 0.569. The first-order valence-corrected chi connectivity index (χ1v) is 10.8. The van der Waals surface area contributed by atoms with Crippen molar-refractivity contribution in [3.63, 3.8) is 0 Å². The third-order valence-electron chi connectivity index (χ3n) is 6.51. The lowest BCUT2D eigenvalue weighted by atomic mass is 9.66. The fraction of sp³-hybridized carbons (Fsp3) is 0.520. The topological polar surface area (TPSA) is 39.7 Å². The third kappa shape index (κ3) is 5.13. The predicted octanol–water partition coefficient (Wildman–Crippen LogP) is 5.24. The molecule has 30 heavy (non-hydrogen) atoms. The van der Waals surface area contributed by atoms with Gasteiger partial charge in [-0.15, -0.1) is 0 Å². The van der Waals surface area contributed by atoms with Gasteiger partial charge in [0.15, 0.2) is 11.5 Å². The maximum atomic E-state index is 13.6. The Kier molecular flexibility index (Phi) is 7.37. The molecular weight excluding hydrogens is 381 g/mol. The highest BCUT2D eigenvalue weighted by molar-refractivity contribution is 5.42. The summed E-state index contributed by atoms with van der Waals surface area (Å²) in [6, 6.07) is 13.0. The van der Waals surface area contributed by atoms with Crippen LogP contribution < -0.4 is 14.8 Å². The second kappa shape index (κ2) is 9.80. The van der Waals surface area contributed by atoms with Gasteiger partial charge < -0.3 is 19.5 Å². The van der Waals surface area contributed by atoms with Crippen LogP contribution in [0, 0.1) is 5.82 Å². The lowest BCUT2D eigenvalue weighted by Gasteiger charge is -2.47. The number of rotatable bonds is 9. The molecule has 0 radical (unpaired) electrons. The fourth-order valence-corrected chi connectivity index (χ4v) is 4.53. The second-order valence-electron chi connectivity index (χ2n) is 8.48. The molecule has 4 nitrogen and oxygen atoms in total. The summed E-state index contributed by atoms with van der Waals surface area (Å²) >= 11 is 0. The Balaban J connectivity index is 1.69. The molecule has 1 N–H and O–H groups in total. The van der Waals surface area contributed by atoms with Gasteiger partial charge in [-0.05, 0) is 74.5 Å². The number of ether oxygens (including phenoxy) is 3. The van der Waals surface area contributed by atoms with Crippen LogP contribution in [0.2, 0.25) is 0 Å². The molecule has 3 rings (SSSR count). The van der Waals surface area contributed by atoms with Crippen molar-refractivity contribution >= 4 is 0 Å². The Hall–Kier alpha value is -2.11. The third-order valence-corrected chi connectivity index (χ3v) is 6.51. The van der Waals surface area contributed by atoms with Gasteiger partial charge in [0.1, 0.15) is 5.82 Å². The molecule has 0 bridgehead atoms. The van der Waals surface area contributed by atoms with Crippen molar-refractivity contribution < 1.29 is 18.6 Å². The van der Waals surface area contributed by atoms with Crippen molar-refractivity contribution in [1.29, 1.82) is 0 Å². The van der Waals surface area contributed by atoms with Gasteiger partial charge in [-0.3, -0.25) is 0 Å². The number of hydrogen-bond acceptors (Lipinski definition) is 4. The molecule has 1 heterocycles. The molecule has 0 aromatic heterocycles. The molecule has 1 saturated heterocycles. The van der Waals surface area contributed by atoms with Crippen LogP contribution in [0.3, 0.4) is 0 Å². The van der Waals surface area contributed by atoms with Gasteiger partial charge >= 0.3 is 0 Å². The number of methoxy groups -OCH3 is 2. The summed E-state index contributed by atoms with van der Waals surface area (Å²) in [6.45, 7) is 6.72. The molecule has 1 aliphatic heterocycles. The molecule has 0 unspecified atom stereocenters. The van der Waals surface area contributed by atoms with Gasteiger partial charge in [0, 0.05) is 18.6 Å². The average Bonchev–Trinajstić information content (AvgIpc) is 2.77. The van der Waals surface area contributed by atoms with Crippen LogP contribution in [0.5, 0.6) is 11.5 Å². The van der Waals surface area contributed by atoms with E-state index in [1.807, 2.05) is 30.3 Å². The van der Waals surface area contributed by atoms with E-state index in [1.165, 1.54) is 5.56 Å². The summed E-state index contributed by atoms with van der Waals surface area (Å²) < 4.78 is 30.4. The van der Waals surface area contributed by atoms with Crippen molar-refractivity contribution in [3.8, 4) is 11.5 Å². The molecule has 1 aliphatic rings. The van der Waals surface area contributed by atoms with E-state index >= 15 is 0 Å². The lowest BCUT2D eigenvalue weighted by molar-refractivity contribution is -0.0979. The zero-order valence-corrected chi connectivity index (χ0v) is 18.6. The SMILES string of the molecule is CC[C@]1(C)C[C@](CCNCc2ccc(OC)c(OC)c2)(c2ccc(F)cc2)CCO1. The molecule has 1 fully saturated rings. The minimum atomic E-state index is -0.189. The number of benzene rings is 2. The van der Waals surface area contributed by atoms with E-state index in [0.717, 1.165) is 62.4 Å². The number of halogens is 1. The minimum Gasteiger partial charge on any atom is -0.493 e. The Morgan fingerprint density at radius 2 is 1.80 bits per heavy atom. The van der Waals surface area contributed by atoms with Crippen molar-refractivity contribution in [2.75, 3.05) is 27.4 Å². The standard InChI is InChI=1S/C25H34FNO3/c1-5-24(2)18-25(13-15-30-24,20-7-9-21(26)10-8-20)12-14-27-17-19-6-11-22(28-3)23(16-19)29-4/h6-11,16,27H,5,12-15,17-18H2,1-4H3/t24-,25-/m1/s1. The molecule has 0 amide bonds. The van der Waals surface area contributed by atoms with Crippen molar-refractivity contribution in [2.24, 2.45) is 0 Å². The molecular formula is C25H34FNO3. The number of hydrogen-bond donors (Lipinski definition) is 1. The first-order chi connectivity index (χ1) is 14.4. The predicted molar refractivity (Wildman–Crippen MR) is 118 cm³/mol. The summed E-state index contributed by atoms with van der Waals surface area (Å²) in [5.41, 5.74) is 2.20. The van der Waals surface area contributed by atoms with Crippen molar-refractivity contribution in [1.82, 2.24) is 5.32 Å². The lowest BCUT2D eigenvalue weighted by Crippen LogP contribution is -2.46. The Bertz CT molecular complexity index is 826. The highest BCUT2D eigenvalue weighted by Crippen LogP contribution is 2.45. The summed E-state index contributed by atoms with van der Waals surface area (Å²) in [6.07, 6.45) is 3.84. The summed E-state index contributed by atoms with van der Waals surface area (Å²) in [5.74, 6) is 1.28. The maximum Gasteiger partial charge on any atom is 0.161 e. The largest absolute Gasteiger partial charge is 0.493 e. The summed E-state index contributed by atoms with van der Waals surface area (Å²) in [7, 11) is 3.29. The van der Waals surface area contributed by atoms with E-state index in [1.54, 1.807) is 26.4 Å². The smallest absolute Gasteiger partial charge is 0.161 e. The highest BCUT2D eigenvalue weighted by Gasteiger charge is 2.43. The molecule has 2 atom stereocenters. The van der Waals surface area contributed by atoms with Crippen molar-refractivity contribution in [3.05, 3.63) is 59.4 Å². The average molecular weight is 416 g/mol. The van der Waals surface area contributed by atoms with Gasteiger partial charge in [0.25, 0.3) is 0 Å². The molecule has 0 spiro atoms. The maximum absolute atomic E-state index is 13.6. The Morgan fingerprint density at radius 1 is 1.07 bits per heavy atom. The Morgan fingerprint density at radius 3 is 2.47 bits per heavy atom. The number of nitrogens with one attached hydrogen (secondary N) is 1. The van der Waals surface area contributed by atoms with Gasteiger partial charge in [0.2, 0.25) is 0 Å². The monoisotopic (exact) mass is 415 g/mol. The van der Waals surface area contributed by atoms with E-state index in [2.05, 4.69) is 19.2 Å². The highest BCUT2D eigenvalue weighted by atomic mass is 19.1. The molecule has 2 aromatic carbocycles. The van der Waals surface area contributed by atoms with Gasteiger partial charge in [0.05, 0.1) is 19.8 Å². The van der Waals surface area contributed by atoms with E-state index in [0.29, 0.717) is 0 Å². The zero-order chi connectivity index (χ0) is 21.6. The zero-order valence-electron chi connectivity index (χ0n) is 18.6. The van der Waals surface area contributed by atoms with Gasteiger partial charge in [-0.25, -0.2) is 4.39 Å². The van der Waals surface area contributed by atoms with E-state index in [-0.39, 0.29) is 16.8 Å². The minimum absolute atomic E-state index is 0.0126. The van der Waals surface area contributed by atoms with Crippen molar-refractivity contribution in [2.45, 2.75) is 57.1 Å². The van der Waals surface area contributed by atoms with Crippen LogP contribution in [0.25, 0.3) is 0 Å². The Labute approximate surface area is 179 Å². The molecule has 164 valence electrons. The molecule has 2 aromatic rings. The normalized spacial score (nSPS) is 23.9. The van der Waals surface area contributed by atoms with E-state index in [4.69, 9.17) is 14.2 Å². The molecule has 0 aliphatic carbocycles. The first kappa shape index (κ1) is 22.6. The van der Waals surface area contributed by atoms with E-state index < -0.39 is 0 Å². The van der Waals surface area contributed by atoms with Crippen LogP contribution in [-0.4, -0.2) is 33.0 Å². The van der Waals surface area contributed by atoms with Crippen LogP contribution in [0.15, 0.2) is 42.5 Å². The van der Waals surface area contributed by atoms with Crippen LogP contribution in [0.1, 0.15) is 50.7 Å². The van der Waals surface area contributed by atoms with Gasteiger partial charge in [-0.1, -0.05) is 25.1 Å². The van der Waals surface area contributed by atoms with Gasteiger partial charge in [-0.2, -0.15) is 0 Å². The van der Waals surface area contributed by atoms with E-state index in [9.17, 15) is 4.39 Å². The fourth-order valence-electron chi connectivity index (χ4n) is 4.53. The first-order valence-electron chi connectivity index (χ1n) is 10.8. The summed E-state index contributed by atoms with van der Waals surface area (Å²) in [5, 5.41) is 3.58. The van der Waals surface area contributed by atoms with Crippen LogP contribution in [0.4, 0.5) is 4.39 Å². The van der Waals surface area contributed by atoms with Crippen LogP contribution >= 0.6 is 0 Å². The molecule has 0 saturated carbocycles. The second-order valence-corrected chi connectivity index (χ2v) is 8.48. The van der Waals surface area contributed by atoms with Crippen LogP contribution in [-0.2, 0) is 16.7 Å². The molecule has 5 heteroatoms. The summed E-state index contributed by atoms with van der Waals surface area (Å²) in [4.78, 5) is 0.